The quantitative estimate of drug-likeness (QED) is 0.185. The van der Waals surface area contributed by atoms with Crippen molar-refractivity contribution >= 4 is 28.8 Å². The van der Waals surface area contributed by atoms with E-state index in [1.807, 2.05) is 43.3 Å². The van der Waals surface area contributed by atoms with Crippen LogP contribution in [0.5, 0.6) is 5.75 Å². The molecule has 0 fully saturated rings. The number of anilines is 2. The lowest BCUT2D eigenvalue weighted by Crippen LogP contribution is -2.63. The molecule has 0 aliphatic heterocycles. The molecule has 0 radical (unpaired) electrons. The molecule has 4 atom stereocenters. The van der Waals surface area contributed by atoms with Crippen LogP contribution in [0.4, 0.5) is 11.4 Å². The Bertz CT molecular complexity index is 1540. The van der Waals surface area contributed by atoms with E-state index in [0.717, 1.165) is 11.3 Å². The van der Waals surface area contributed by atoms with Gasteiger partial charge in [-0.1, -0.05) is 12.1 Å². The van der Waals surface area contributed by atoms with Crippen molar-refractivity contribution in [2.75, 3.05) is 38.8 Å². The molecule has 0 saturated carbocycles. The van der Waals surface area contributed by atoms with E-state index in [1.165, 1.54) is 4.90 Å². The summed E-state index contributed by atoms with van der Waals surface area (Å²) in [6.07, 6.45) is 0.184. The van der Waals surface area contributed by atoms with Crippen LogP contribution in [0.15, 0.2) is 53.0 Å². The van der Waals surface area contributed by atoms with Crippen LogP contribution in [0, 0.1) is 11.8 Å². The molecule has 3 aliphatic carbocycles. The molecule has 210 valence electrons. The van der Waals surface area contributed by atoms with Gasteiger partial charge in [0, 0.05) is 31.3 Å². The number of aliphatic hydroxyl groups is 3. The van der Waals surface area contributed by atoms with Gasteiger partial charge in [0.1, 0.15) is 22.8 Å². The average molecular weight is 549 g/mol. The molecule has 0 bridgehead atoms. The molecule has 3 aliphatic rings. The molecule has 11 nitrogen and oxygen atoms in total. The Labute approximate surface area is 230 Å². The number of carbonyl (C=O) groups excluding carboxylic acids is 3. The van der Waals surface area contributed by atoms with Gasteiger partial charge in [-0.15, -0.1) is 0 Å². The maximum Gasteiger partial charge on any atom is 0.255 e. The van der Waals surface area contributed by atoms with Gasteiger partial charge in [0.15, 0.2) is 11.4 Å². The fraction of sp³-hybridized carbons (Fsp3) is 0.345. The number of fused-ring (bicyclic) bond motifs is 3. The smallest absolute Gasteiger partial charge is 0.255 e. The minimum Gasteiger partial charge on any atom is -0.510 e. The summed E-state index contributed by atoms with van der Waals surface area (Å²) < 4.78 is 0. The van der Waals surface area contributed by atoms with Crippen LogP contribution in [0.25, 0.3) is 11.1 Å². The largest absolute Gasteiger partial charge is 0.510 e. The summed E-state index contributed by atoms with van der Waals surface area (Å²) in [5.74, 6) is -7.07. The molecule has 2 aromatic rings. The summed E-state index contributed by atoms with van der Waals surface area (Å²) >= 11 is 0. The second-order valence-electron chi connectivity index (χ2n) is 11.1. The molecule has 40 heavy (non-hydrogen) atoms. The van der Waals surface area contributed by atoms with Gasteiger partial charge in [0.2, 0.25) is 5.78 Å². The maximum atomic E-state index is 14.0. The number of aromatic hydroxyl groups is 1. The predicted octanol–water partition coefficient (Wildman–Crippen LogP) is 1.44. The van der Waals surface area contributed by atoms with Crippen molar-refractivity contribution in [2.24, 2.45) is 17.6 Å². The lowest BCUT2D eigenvalue weighted by molar-refractivity contribution is -0.148. The number of primary amides is 1. The Hall–Kier alpha value is -4.35. The third kappa shape index (κ3) is 3.61. The van der Waals surface area contributed by atoms with E-state index in [1.54, 1.807) is 20.2 Å². The zero-order chi connectivity index (χ0) is 29.4. The number of benzene rings is 2. The van der Waals surface area contributed by atoms with Gasteiger partial charge >= 0.3 is 0 Å². The first-order valence-electron chi connectivity index (χ1n) is 12.8. The standard InChI is InChI=1S/C29H32N4O7/c1-32(2)14-7-5-12(6-8-14)15-11-18(30)23(34)20-16(15)9-13-10-17-22(33(3)4)25(36)21(28(31)39)27(38)29(17,40)26(37)19(13)24(20)35/h5-8,11,13,17,22,34,36-37,40H,9-10,30H2,1-4H3,(H2,31,39)/t13-,17-,22-,29-/m1/s1. The molecule has 0 saturated heterocycles. The van der Waals surface area contributed by atoms with Crippen molar-refractivity contribution in [3.63, 3.8) is 0 Å². The molecular weight excluding hydrogens is 516 g/mol. The second kappa shape index (κ2) is 9.10. The van der Waals surface area contributed by atoms with Gasteiger partial charge in [0.05, 0.1) is 17.3 Å². The fourth-order valence-corrected chi connectivity index (χ4v) is 6.54. The molecule has 1 amide bonds. The molecule has 2 aromatic carbocycles. The summed E-state index contributed by atoms with van der Waals surface area (Å²) in [4.78, 5) is 42.9. The van der Waals surface area contributed by atoms with Crippen molar-refractivity contribution in [2.45, 2.75) is 24.5 Å². The predicted molar refractivity (Wildman–Crippen MR) is 148 cm³/mol. The number of nitrogen functional groups attached to an aromatic ring is 1. The number of amides is 1. The van der Waals surface area contributed by atoms with E-state index in [9.17, 15) is 34.8 Å². The van der Waals surface area contributed by atoms with Crippen LogP contribution in [-0.2, 0) is 16.0 Å². The molecule has 0 unspecified atom stereocenters. The van der Waals surface area contributed by atoms with Crippen LogP contribution in [-0.4, -0.2) is 82.6 Å². The SMILES string of the molecule is CN(C)c1ccc(-c2cc(N)c(O)c3c2C[C@@H]2C[C@@H]4[C@@H](N(C)C)C(O)=C(C(N)=O)C(=O)[C@]4(O)C(O)=C2C3=O)cc1. The van der Waals surface area contributed by atoms with Crippen LogP contribution in [0.1, 0.15) is 22.3 Å². The van der Waals surface area contributed by atoms with Crippen LogP contribution < -0.4 is 16.4 Å². The van der Waals surface area contributed by atoms with Crippen molar-refractivity contribution < 1.29 is 34.8 Å². The number of likely N-dealkylation sites (N-methyl/N-ethyl adjacent to an activating group) is 1. The number of carbonyl (C=O) groups is 3. The number of nitrogens with zero attached hydrogens (tertiary/aromatic N) is 2. The normalized spacial score (nSPS) is 26.0. The summed E-state index contributed by atoms with van der Waals surface area (Å²) in [5, 5.41) is 45.0. The number of hydrogen-bond acceptors (Lipinski definition) is 10. The van der Waals surface area contributed by atoms with E-state index in [-0.39, 0.29) is 29.7 Å². The topological polar surface area (TPSA) is 191 Å². The lowest BCUT2D eigenvalue weighted by atomic mass is 9.58. The Balaban J connectivity index is 1.72. The Morgan fingerprint density at radius 3 is 2.23 bits per heavy atom. The van der Waals surface area contributed by atoms with Crippen molar-refractivity contribution in [3.05, 3.63) is 64.1 Å². The highest BCUT2D eigenvalue weighted by Gasteiger charge is 2.63. The average Bonchev–Trinajstić information content (AvgIpc) is 2.88. The third-order valence-electron chi connectivity index (χ3n) is 8.45. The fourth-order valence-electron chi connectivity index (χ4n) is 6.54. The Morgan fingerprint density at radius 2 is 1.68 bits per heavy atom. The maximum absolute atomic E-state index is 14.0. The molecular formula is C29H32N4O7. The Kier molecular flexibility index (Phi) is 6.20. The zero-order valence-corrected chi connectivity index (χ0v) is 22.6. The van der Waals surface area contributed by atoms with E-state index >= 15 is 0 Å². The van der Waals surface area contributed by atoms with Crippen molar-refractivity contribution in [1.29, 1.82) is 0 Å². The zero-order valence-electron chi connectivity index (χ0n) is 22.6. The first-order valence-corrected chi connectivity index (χ1v) is 12.8. The number of allylic oxidation sites excluding steroid dienone is 1. The van der Waals surface area contributed by atoms with Crippen LogP contribution in [0.2, 0.25) is 0 Å². The Morgan fingerprint density at radius 1 is 1.05 bits per heavy atom. The number of hydrogen-bond donors (Lipinski definition) is 6. The summed E-state index contributed by atoms with van der Waals surface area (Å²) in [5.41, 5.74) is 10.4. The number of phenolic OH excluding ortho intramolecular Hbond substituents is 1. The first kappa shape index (κ1) is 27.2. The number of nitrogens with two attached hydrogens (primary N) is 2. The van der Waals surface area contributed by atoms with Crippen LogP contribution in [0.3, 0.4) is 0 Å². The van der Waals surface area contributed by atoms with Crippen LogP contribution >= 0.6 is 0 Å². The minimum atomic E-state index is -2.69. The van der Waals surface area contributed by atoms with Gasteiger partial charge in [-0.2, -0.15) is 0 Å². The van der Waals surface area contributed by atoms with Crippen molar-refractivity contribution in [1.82, 2.24) is 4.90 Å². The highest BCUT2D eigenvalue weighted by molar-refractivity contribution is 6.25. The van der Waals surface area contributed by atoms with E-state index in [2.05, 4.69) is 0 Å². The molecule has 0 spiro atoms. The first-order chi connectivity index (χ1) is 18.7. The molecule has 0 aromatic heterocycles. The summed E-state index contributed by atoms with van der Waals surface area (Å²) in [7, 11) is 7.00. The van der Waals surface area contributed by atoms with Gasteiger partial charge in [0.25, 0.3) is 5.91 Å². The minimum absolute atomic E-state index is 0.00983. The number of ketones is 2. The number of Topliss-reactive ketones (excluding diaryl/α,β-unsaturated/α-hetero) is 2. The number of phenols is 1. The van der Waals surface area contributed by atoms with E-state index in [4.69, 9.17) is 11.5 Å². The highest BCUT2D eigenvalue weighted by Crippen LogP contribution is 2.53. The van der Waals surface area contributed by atoms with Gasteiger partial charge in [-0.3, -0.25) is 19.3 Å². The monoisotopic (exact) mass is 548 g/mol. The van der Waals surface area contributed by atoms with Gasteiger partial charge in [-0.05, 0) is 67.7 Å². The molecule has 8 N–H and O–H groups in total. The highest BCUT2D eigenvalue weighted by atomic mass is 16.3. The molecule has 0 heterocycles. The van der Waals surface area contributed by atoms with Gasteiger partial charge in [-0.25, -0.2) is 0 Å². The lowest BCUT2D eigenvalue weighted by Gasteiger charge is -2.50. The summed E-state index contributed by atoms with van der Waals surface area (Å²) in [6, 6.07) is 8.13. The number of rotatable bonds is 4. The van der Waals surface area contributed by atoms with Gasteiger partial charge < -0.3 is 36.8 Å². The molecule has 11 heteroatoms. The molecule has 5 rings (SSSR count). The number of aliphatic hydroxyl groups excluding tert-OH is 2. The third-order valence-corrected chi connectivity index (χ3v) is 8.45. The van der Waals surface area contributed by atoms with Crippen molar-refractivity contribution in [3.8, 4) is 16.9 Å². The second-order valence-corrected chi connectivity index (χ2v) is 11.1. The van der Waals surface area contributed by atoms with E-state index in [0.29, 0.717) is 11.1 Å². The summed E-state index contributed by atoms with van der Waals surface area (Å²) in [6.45, 7) is 0. The van der Waals surface area contributed by atoms with E-state index < -0.39 is 63.8 Å².